The fraction of sp³-hybridized carbons (Fsp3) is 0.550. The third-order valence-corrected chi connectivity index (χ3v) is 3.67. The lowest BCUT2D eigenvalue weighted by Crippen LogP contribution is -2.22. The monoisotopic (exact) mass is 365 g/mol. The van der Waals surface area contributed by atoms with Gasteiger partial charge in [-0.1, -0.05) is 32.1 Å². The molecular formula is C20H31NO3S. The minimum absolute atomic E-state index is 0.0797. The van der Waals surface area contributed by atoms with Crippen LogP contribution in [0.5, 0.6) is 11.5 Å². The number of amides is 1. The van der Waals surface area contributed by atoms with E-state index in [9.17, 15) is 4.79 Å². The maximum absolute atomic E-state index is 11.9. The first-order valence-corrected chi connectivity index (χ1v) is 9.39. The summed E-state index contributed by atoms with van der Waals surface area (Å²) in [5.41, 5.74) is 0.763. The van der Waals surface area contributed by atoms with Gasteiger partial charge in [-0.25, -0.2) is 0 Å². The van der Waals surface area contributed by atoms with Gasteiger partial charge in [0.2, 0.25) is 5.91 Å². The zero-order valence-corrected chi connectivity index (χ0v) is 16.6. The van der Waals surface area contributed by atoms with E-state index in [-0.39, 0.29) is 11.3 Å². The van der Waals surface area contributed by atoms with E-state index in [0.29, 0.717) is 30.4 Å². The molecule has 0 aliphatic carbocycles. The predicted octanol–water partition coefficient (Wildman–Crippen LogP) is 4.74. The number of thiol groups is 1. The van der Waals surface area contributed by atoms with Gasteiger partial charge in [-0.05, 0) is 49.8 Å². The Balaban J connectivity index is 2.35. The van der Waals surface area contributed by atoms with Gasteiger partial charge >= 0.3 is 0 Å². The summed E-state index contributed by atoms with van der Waals surface area (Å²) in [6.45, 7) is 6.65. The van der Waals surface area contributed by atoms with Gasteiger partial charge in [0, 0.05) is 13.0 Å². The molecular weight excluding hydrogens is 334 g/mol. The van der Waals surface area contributed by atoms with Crippen LogP contribution in [0.15, 0.2) is 30.4 Å². The molecule has 1 aromatic rings. The lowest BCUT2D eigenvalue weighted by atomic mass is 10.1. The fourth-order valence-electron chi connectivity index (χ4n) is 2.31. The van der Waals surface area contributed by atoms with Crippen LogP contribution in [0.4, 0.5) is 0 Å². The number of methoxy groups -OCH3 is 1. The molecule has 0 aliphatic rings. The van der Waals surface area contributed by atoms with E-state index in [1.165, 1.54) is 0 Å². The first-order valence-electron chi connectivity index (χ1n) is 8.87. The maximum atomic E-state index is 11.9. The summed E-state index contributed by atoms with van der Waals surface area (Å²) in [5, 5.41) is 2.95. The molecule has 0 saturated carbocycles. The summed E-state index contributed by atoms with van der Waals surface area (Å²) < 4.78 is 10.9. The molecule has 0 bridgehead atoms. The second kappa shape index (κ2) is 11.9. The molecule has 0 fully saturated rings. The molecule has 0 aliphatic heterocycles. The standard InChI is InChI=1S/C20H31NO3S/c1-15(2)9-7-5-6-8-10-20(22)21-14-17-11-12-18(24-16(3)25)19(13-17)23-4/h7,9,11-13,15-16,25H,5-6,8,10,14H2,1-4H3,(H,21,22)/b9-7-. The van der Waals surface area contributed by atoms with Crippen molar-refractivity contribution in [2.45, 2.75) is 58.4 Å². The number of unbranched alkanes of at least 4 members (excludes halogenated alkanes) is 2. The second-order valence-electron chi connectivity index (χ2n) is 6.40. The summed E-state index contributed by atoms with van der Waals surface area (Å²) in [6.07, 6.45) is 7.95. The van der Waals surface area contributed by atoms with E-state index >= 15 is 0 Å². The number of hydrogen-bond acceptors (Lipinski definition) is 4. The minimum Gasteiger partial charge on any atom is -0.493 e. The van der Waals surface area contributed by atoms with Crippen molar-refractivity contribution in [3.63, 3.8) is 0 Å². The van der Waals surface area contributed by atoms with Gasteiger partial charge in [0.25, 0.3) is 0 Å². The number of hydrogen-bond donors (Lipinski definition) is 2. The van der Waals surface area contributed by atoms with Crippen molar-refractivity contribution in [1.29, 1.82) is 0 Å². The van der Waals surface area contributed by atoms with Crippen LogP contribution in [0.2, 0.25) is 0 Å². The summed E-state index contributed by atoms with van der Waals surface area (Å²) in [7, 11) is 1.60. The lowest BCUT2D eigenvalue weighted by molar-refractivity contribution is -0.121. The summed E-state index contributed by atoms with van der Waals surface area (Å²) in [5.74, 6) is 1.96. The highest BCUT2D eigenvalue weighted by Crippen LogP contribution is 2.29. The largest absolute Gasteiger partial charge is 0.493 e. The normalized spacial score (nSPS) is 12.4. The minimum atomic E-state index is -0.213. The number of rotatable bonds is 11. The molecule has 0 spiro atoms. The molecule has 1 aromatic carbocycles. The summed E-state index contributed by atoms with van der Waals surface area (Å²) in [4.78, 5) is 11.9. The van der Waals surface area contributed by atoms with Crippen LogP contribution in [0.3, 0.4) is 0 Å². The number of ether oxygens (including phenoxy) is 2. The highest BCUT2D eigenvalue weighted by Gasteiger charge is 2.08. The van der Waals surface area contributed by atoms with E-state index in [1.807, 2.05) is 25.1 Å². The van der Waals surface area contributed by atoms with Crippen LogP contribution >= 0.6 is 12.6 Å². The van der Waals surface area contributed by atoms with Gasteiger partial charge in [-0.2, -0.15) is 0 Å². The number of nitrogens with one attached hydrogen (secondary N) is 1. The molecule has 0 aromatic heterocycles. The molecule has 1 amide bonds. The lowest BCUT2D eigenvalue weighted by Gasteiger charge is -2.14. The Morgan fingerprint density at radius 1 is 1.24 bits per heavy atom. The summed E-state index contributed by atoms with van der Waals surface area (Å²) >= 11 is 4.21. The van der Waals surface area contributed by atoms with Crippen LogP contribution in [0.1, 0.15) is 52.0 Å². The highest BCUT2D eigenvalue weighted by molar-refractivity contribution is 7.80. The first kappa shape index (κ1) is 21.4. The topological polar surface area (TPSA) is 47.6 Å². The average Bonchev–Trinajstić information content (AvgIpc) is 2.56. The van der Waals surface area contributed by atoms with Crippen molar-refractivity contribution >= 4 is 18.5 Å². The van der Waals surface area contributed by atoms with Crippen molar-refractivity contribution in [1.82, 2.24) is 5.32 Å². The van der Waals surface area contributed by atoms with E-state index in [2.05, 4.69) is 43.9 Å². The number of carbonyl (C=O) groups excluding carboxylic acids is 1. The Morgan fingerprint density at radius 3 is 2.64 bits per heavy atom. The van der Waals surface area contributed by atoms with Crippen LogP contribution in [0.25, 0.3) is 0 Å². The van der Waals surface area contributed by atoms with Gasteiger partial charge in [-0.15, -0.1) is 12.6 Å². The van der Waals surface area contributed by atoms with Gasteiger partial charge in [0.05, 0.1) is 7.11 Å². The van der Waals surface area contributed by atoms with E-state index in [1.54, 1.807) is 7.11 Å². The van der Waals surface area contributed by atoms with Gasteiger partial charge < -0.3 is 14.8 Å². The van der Waals surface area contributed by atoms with Crippen molar-refractivity contribution < 1.29 is 14.3 Å². The third kappa shape index (κ3) is 9.44. The third-order valence-electron chi connectivity index (χ3n) is 3.56. The molecule has 0 saturated heterocycles. The molecule has 1 atom stereocenters. The zero-order chi connectivity index (χ0) is 18.7. The average molecular weight is 366 g/mol. The Morgan fingerprint density at radius 2 is 2.00 bits per heavy atom. The maximum Gasteiger partial charge on any atom is 0.220 e. The second-order valence-corrected chi connectivity index (χ2v) is 7.12. The predicted molar refractivity (Wildman–Crippen MR) is 106 cm³/mol. The Kier molecular flexibility index (Phi) is 10.2. The molecule has 4 nitrogen and oxygen atoms in total. The molecule has 5 heteroatoms. The zero-order valence-electron chi connectivity index (χ0n) is 15.7. The molecule has 1 rings (SSSR count). The van der Waals surface area contributed by atoms with E-state index < -0.39 is 0 Å². The molecule has 0 heterocycles. The number of benzene rings is 1. The first-order chi connectivity index (χ1) is 11.9. The molecule has 25 heavy (non-hydrogen) atoms. The van der Waals surface area contributed by atoms with Crippen molar-refractivity contribution in [3.8, 4) is 11.5 Å². The van der Waals surface area contributed by atoms with Crippen LogP contribution in [0, 0.1) is 5.92 Å². The van der Waals surface area contributed by atoms with Crippen LogP contribution in [-0.4, -0.2) is 18.5 Å². The quantitative estimate of drug-likeness (QED) is 0.258. The van der Waals surface area contributed by atoms with Crippen LogP contribution < -0.4 is 14.8 Å². The van der Waals surface area contributed by atoms with Crippen molar-refractivity contribution in [2.75, 3.05) is 7.11 Å². The Hall–Kier alpha value is -1.62. The van der Waals surface area contributed by atoms with E-state index in [4.69, 9.17) is 9.47 Å². The van der Waals surface area contributed by atoms with Crippen LogP contribution in [-0.2, 0) is 11.3 Å². The molecule has 1 N–H and O–H groups in total. The van der Waals surface area contributed by atoms with Gasteiger partial charge in [-0.3, -0.25) is 4.79 Å². The Labute approximate surface area is 157 Å². The number of carbonyl (C=O) groups is 1. The van der Waals surface area contributed by atoms with Gasteiger partial charge in [0.1, 0.15) is 5.44 Å². The smallest absolute Gasteiger partial charge is 0.220 e. The fourth-order valence-corrected chi connectivity index (χ4v) is 2.42. The Bertz CT molecular complexity index is 556. The van der Waals surface area contributed by atoms with Crippen molar-refractivity contribution in [2.24, 2.45) is 5.92 Å². The summed E-state index contributed by atoms with van der Waals surface area (Å²) in [6, 6.07) is 5.64. The van der Waals surface area contributed by atoms with Crippen molar-refractivity contribution in [3.05, 3.63) is 35.9 Å². The molecule has 140 valence electrons. The van der Waals surface area contributed by atoms with E-state index in [0.717, 1.165) is 24.8 Å². The molecule has 0 radical (unpaired) electrons. The molecule has 1 unspecified atom stereocenters. The SMILES string of the molecule is COc1cc(CNC(=O)CCCC/C=C\C(C)C)ccc1OC(C)S. The van der Waals surface area contributed by atoms with Gasteiger partial charge in [0.15, 0.2) is 11.5 Å². The number of allylic oxidation sites excluding steroid dienone is 2. The highest BCUT2D eigenvalue weighted by atomic mass is 32.1.